The minimum Gasteiger partial charge on any atom is -0.369 e. The highest BCUT2D eigenvalue weighted by molar-refractivity contribution is 5.94. The maximum Gasteiger partial charge on any atom is 0.251 e. The number of anilines is 1. The van der Waals surface area contributed by atoms with Crippen LogP contribution in [0.15, 0.2) is 54.6 Å². The van der Waals surface area contributed by atoms with Crippen molar-refractivity contribution in [2.75, 3.05) is 37.6 Å². The van der Waals surface area contributed by atoms with Crippen molar-refractivity contribution in [2.45, 2.75) is 19.4 Å². The van der Waals surface area contributed by atoms with Gasteiger partial charge in [0.15, 0.2) is 0 Å². The number of para-hydroxylation sites is 1. The molecule has 1 aliphatic rings. The van der Waals surface area contributed by atoms with Crippen LogP contribution in [0.3, 0.4) is 0 Å². The van der Waals surface area contributed by atoms with Crippen LogP contribution in [0.1, 0.15) is 22.8 Å². The number of nitriles is 1. The number of amides is 1. The number of nitrogens with zero attached hydrogens (tertiary/aromatic N) is 3. The minimum atomic E-state index is -0.0791. The molecule has 27 heavy (non-hydrogen) atoms. The number of hydrogen-bond acceptors (Lipinski definition) is 4. The largest absolute Gasteiger partial charge is 0.369 e. The number of piperazine rings is 1. The summed E-state index contributed by atoms with van der Waals surface area (Å²) in [6.07, 6.45) is 0.323. The Hall–Kier alpha value is -2.84. The van der Waals surface area contributed by atoms with E-state index in [0.29, 0.717) is 18.5 Å². The Balaban J connectivity index is 1.47. The highest BCUT2D eigenvalue weighted by atomic mass is 16.1. The van der Waals surface area contributed by atoms with Crippen LogP contribution < -0.4 is 10.2 Å². The van der Waals surface area contributed by atoms with E-state index >= 15 is 0 Å². The second-order valence-corrected chi connectivity index (χ2v) is 6.95. The fourth-order valence-corrected chi connectivity index (χ4v) is 3.45. The average Bonchev–Trinajstić information content (AvgIpc) is 2.73. The molecule has 3 rings (SSSR count). The summed E-state index contributed by atoms with van der Waals surface area (Å²) in [6, 6.07) is 20.2. The average molecular weight is 362 g/mol. The van der Waals surface area contributed by atoms with Crippen LogP contribution in [-0.4, -0.2) is 49.6 Å². The summed E-state index contributed by atoms with van der Waals surface area (Å²) in [5, 5.41) is 11.8. The molecule has 2 aromatic carbocycles. The number of benzene rings is 2. The van der Waals surface area contributed by atoms with E-state index in [1.54, 1.807) is 12.1 Å². The van der Waals surface area contributed by atoms with Crippen LogP contribution >= 0.6 is 0 Å². The lowest BCUT2D eigenvalue weighted by atomic mass is 10.1. The van der Waals surface area contributed by atoms with Gasteiger partial charge in [0.05, 0.1) is 12.5 Å². The molecule has 140 valence electrons. The van der Waals surface area contributed by atoms with Crippen LogP contribution in [0.5, 0.6) is 0 Å². The van der Waals surface area contributed by atoms with Crippen molar-refractivity contribution in [3.8, 4) is 6.07 Å². The molecule has 1 saturated heterocycles. The second-order valence-electron chi connectivity index (χ2n) is 6.95. The highest BCUT2D eigenvalue weighted by Crippen LogP contribution is 2.16. The van der Waals surface area contributed by atoms with Crippen molar-refractivity contribution < 1.29 is 4.79 Å². The van der Waals surface area contributed by atoms with E-state index in [0.717, 1.165) is 31.7 Å². The van der Waals surface area contributed by atoms with Crippen LogP contribution in [-0.2, 0) is 6.42 Å². The van der Waals surface area contributed by atoms with E-state index in [2.05, 4.69) is 52.4 Å². The van der Waals surface area contributed by atoms with Crippen LogP contribution in [0, 0.1) is 11.3 Å². The number of carbonyl (C=O) groups is 1. The predicted molar refractivity (Wildman–Crippen MR) is 108 cm³/mol. The topological polar surface area (TPSA) is 59.4 Å². The molecular formula is C22H26N4O. The van der Waals surface area contributed by atoms with Gasteiger partial charge in [-0.1, -0.05) is 30.3 Å². The third-order valence-electron chi connectivity index (χ3n) is 5.09. The summed E-state index contributed by atoms with van der Waals surface area (Å²) in [5.41, 5.74) is 2.76. The molecule has 0 bridgehead atoms. The van der Waals surface area contributed by atoms with E-state index in [9.17, 15) is 4.79 Å². The van der Waals surface area contributed by atoms with E-state index < -0.39 is 0 Å². The molecule has 1 unspecified atom stereocenters. The van der Waals surface area contributed by atoms with Crippen molar-refractivity contribution >= 4 is 11.6 Å². The van der Waals surface area contributed by atoms with E-state index in [4.69, 9.17) is 5.26 Å². The van der Waals surface area contributed by atoms with Gasteiger partial charge in [0.2, 0.25) is 0 Å². The second kappa shape index (κ2) is 9.20. The maximum absolute atomic E-state index is 12.4. The highest BCUT2D eigenvalue weighted by Gasteiger charge is 2.21. The molecule has 0 aromatic heterocycles. The first-order chi connectivity index (χ1) is 13.2. The number of carbonyl (C=O) groups excluding carboxylic acids is 1. The standard InChI is InChI=1S/C22H26N4O/c1-18(17-24-22(27)20-7-5-6-19(16-20)10-11-23)25-12-14-26(15-13-25)21-8-3-2-4-9-21/h2-9,16,18H,10,12-15,17H2,1H3,(H,24,27). The molecule has 1 atom stereocenters. The van der Waals surface area contributed by atoms with Gasteiger partial charge < -0.3 is 10.2 Å². The first kappa shape index (κ1) is 18.9. The molecule has 0 saturated carbocycles. The summed E-state index contributed by atoms with van der Waals surface area (Å²) >= 11 is 0. The van der Waals surface area contributed by atoms with Gasteiger partial charge in [0.25, 0.3) is 5.91 Å². The molecule has 1 heterocycles. The van der Waals surface area contributed by atoms with Crippen molar-refractivity contribution in [1.29, 1.82) is 5.26 Å². The summed E-state index contributed by atoms with van der Waals surface area (Å²) in [5.74, 6) is -0.0791. The van der Waals surface area contributed by atoms with Crippen molar-refractivity contribution in [3.05, 3.63) is 65.7 Å². The van der Waals surface area contributed by atoms with Crippen LogP contribution in [0.2, 0.25) is 0 Å². The molecule has 5 nitrogen and oxygen atoms in total. The fraction of sp³-hybridized carbons (Fsp3) is 0.364. The molecule has 1 fully saturated rings. The maximum atomic E-state index is 12.4. The monoisotopic (exact) mass is 362 g/mol. The first-order valence-corrected chi connectivity index (χ1v) is 9.45. The summed E-state index contributed by atoms with van der Waals surface area (Å²) in [4.78, 5) is 17.2. The molecular weight excluding hydrogens is 336 g/mol. The number of hydrogen-bond donors (Lipinski definition) is 1. The van der Waals surface area contributed by atoms with Gasteiger partial charge in [-0.05, 0) is 36.8 Å². The molecule has 5 heteroatoms. The normalized spacial score (nSPS) is 15.8. The van der Waals surface area contributed by atoms with E-state index in [1.807, 2.05) is 18.2 Å². The van der Waals surface area contributed by atoms with Gasteiger partial charge in [-0.25, -0.2) is 0 Å². The molecule has 0 spiro atoms. The Morgan fingerprint density at radius 3 is 2.56 bits per heavy atom. The van der Waals surface area contributed by atoms with Crippen LogP contribution in [0.4, 0.5) is 5.69 Å². The molecule has 1 amide bonds. The summed E-state index contributed by atoms with van der Waals surface area (Å²) in [7, 11) is 0. The Morgan fingerprint density at radius 2 is 1.85 bits per heavy atom. The molecule has 0 aliphatic carbocycles. The third kappa shape index (κ3) is 5.08. The van der Waals surface area contributed by atoms with E-state index in [1.165, 1.54) is 5.69 Å². The zero-order valence-corrected chi connectivity index (χ0v) is 15.8. The zero-order valence-electron chi connectivity index (χ0n) is 15.8. The Morgan fingerprint density at radius 1 is 1.11 bits per heavy atom. The van der Waals surface area contributed by atoms with Crippen molar-refractivity contribution in [1.82, 2.24) is 10.2 Å². The third-order valence-corrected chi connectivity index (χ3v) is 5.09. The van der Waals surface area contributed by atoms with Gasteiger partial charge in [0.1, 0.15) is 0 Å². The van der Waals surface area contributed by atoms with Crippen molar-refractivity contribution in [3.63, 3.8) is 0 Å². The first-order valence-electron chi connectivity index (χ1n) is 9.45. The summed E-state index contributed by atoms with van der Waals surface area (Å²) in [6.45, 7) is 6.75. The van der Waals surface area contributed by atoms with Crippen molar-refractivity contribution in [2.24, 2.45) is 0 Å². The molecule has 1 N–H and O–H groups in total. The Kier molecular flexibility index (Phi) is 6.45. The molecule has 1 aliphatic heterocycles. The lowest BCUT2D eigenvalue weighted by molar-refractivity contribution is 0.0934. The number of nitrogens with one attached hydrogen (secondary N) is 1. The summed E-state index contributed by atoms with van der Waals surface area (Å²) < 4.78 is 0. The predicted octanol–water partition coefficient (Wildman–Crippen LogP) is 2.69. The van der Waals surface area contributed by atoms with Gasteiger partial charge in [-0.2, -0.15) is 5.26 Å². The lowest BCUT2D eigenvalue weighted by Gasteiger charge is -2.39. The van der Waals surface area contributed by atoms with E-state index in [-0.39, 0.29) is 11.9 Å². The zero-order chi connectivity index (χ0) is 19.1. The fourth-order valence-electron chi connectivity index (χ4n) is 3.45. The quantitative estimate of drug-likeness (QED) is 0.858. The van der Waals surface area contributed by atoms with Gasteiger partial charge in [-0.15, -0.1) is 0 Å². The molecule has 0 radical (unpaired) electrons. The van der Waals surface area contributed by atoms with Gasteiger partial charge in [0, 0.05) is 50.0 Å². The van der Waals surface area contributed by atoms with Crippen LogP contribution in [0.25, 0.3) is 0 Å². The molecule has 2 aromatic rings. The Bertz CT molecular complexity index is 791. The Labute approximate surface area is 161 Å². The number of rotatable bonds is 6. The smallest absolute Gasteiger partial charge is 0.251 e. The van der Waals surface area contributed by atoms with Gasteiger partial charge in [-0.3, -0.25) is 9.69 Å². The lowest BCUT2D eigenvalue weighted by Crippen LogP contribution is -2.52. The minimum absolute atomic E-state index is 0.0791. The van der Waals surface area contributed by atoms with Gasteiger partial charge >= 0.3 is 0 Å². The SMILES string of the molecule is CC(CNC(=O)c1cccc(CC#N)c1)N1CCN(c2ccccc2)CC1.